The Morgan fingerprint density at radius 1 is 1.18 bits per heavy atom. The van der Waals surface area contributed by atoms with Crippen molar-refractivity contribution < 1.29 is 27.9 Å². The van der Waals surface area contributed by atoms with Gasteiger partial charge in [-0.25, -0.2) is 23.4 Å². The Hall–Kier alpha value is -4.19. The Labute approximate surface area is 233 Å². The SMILES string of the molecule is COC(=O)Nc1ccc2c(c1)NC(=O)CCCCC(N1CCC(c3c(F)ccc(Cl)c3F)NC1=O)c1nc-2c[nH]1. The zero-order chi connectivity index (χ0) is 28.4. The van der Waals surface area contributed by atoms with Crippen molar-refractivity contribution in [3.63, 3.8) is 0 Å². The van der Waals surface area contributed by atoms with Crippen LogP contribution >= 0.6 is 11.6 Å². The van der Waals surface area contributed by atoms with Gasteiger partial charge in [0.25, 0.3) is 0 Å². The number of imidazole rings is 1. The molecule has 5 rings (SSSR count). The number of benzene rings is 2. The maximum atomic E-state index is 14.6. The molecule has 0 aliphatic carbocycles. The first kappa shape index (κ1) is 27.4. The zero-order valence-corrected chi connectivity index (χ0v) is 22.3. The van der Waals surface area contributed by atoms with Crippen molar-refractivity contribution >= 4 is 41.0 Å². The third-order valence-corrected chi connectivity index (χ3v) is 7.36. The number of nitrogens with one attached hydrogen (secondary N) is 4. The molecule has 2 aliphatic heterocycles. The Morgan fingerprint density at radius 2 is 2.00 bits per heavy atom. The normalized spacial score (nSPS) is 19.4. The maximum Gasteiger partial charge on any atom is 0.411 e. The molecule has 2 aromatic carbocycles. The minimum atomic E-state index is -0.885. The van der Waals surface area contributed by atoms with Crippen LogP contribution in [0.25, 0.3) is 11.3 Å². The first-order chi connectivity index (χ1) is 19.2. The van der Waals surface area contributed by atoms with Crippen molar-refractivity contribution in [2.45, 2.75) is 44.2 Å². The van der Waals surface area contributed by atoms with Crippen LogP contribution in [0.1, 0.15) is 55.6 Å². The fourth-order valence-corrected chi connectivity index (χ4v) is 5.25. The predicted octanol–water partition coefficient (Wildman–Crippen LogP) is 5.90. The van der Waals surface area contributed by atoms with Gasteiger partial charge in [-0.3, -0.25) is 10.1 Å². The predicted molar refractivity (Wildman–Crippen MR) is 144 cm³/mol. The summed E-state index contributed by atoms with van der Waals surface area (Å²) >= 11 is 5.86. The molecule has 3 heterocycles. The molecule has 13 heteroatoms. The van der Waals surface area contributed by atoms with E-state index in [1.807, 2.05) is 0 Å². The number of anilines is 2. The number of methoxy groups -OCH3 is 1. The number of amides is 4. The highest BCUT2D eigenvalue weighted by Crippen LogP contribution is 2.36. The largest absolute Gasteiger partial charge is 0.453 e. The number of ether oxygens (including phenoxy) is 1. The van der Waals surface area contributed by atoms with Crippen molar-refractivity contribution in [2.24, 2.45) is 0 Å². The van der Waals surface area contributed by atoms with E-state index < -0.39 is 35.8 Å². The van der Waals surface area contributed by atoms with E-state index in [0.717, 1.165) is 12.1 Å². The van der Waals surface area contributed by atoms with Gasteiger partial charge in [0, 0.05) is 36.0 Å². The summed E-state index contributed by atoms with van der Waals surface area (Å²) in [5.74, 6) is -1.32. The average molecular weight is 573 g/mol. The van der Waals surface area contributed by atoms with Gasteiger partial charge >= 0.3 is 12.1 Å². The van der Waals surface area contributed by atoms with Crippen LogP contribution in [-0.4, -0.2) is 46.6 Å². The molecule has 1 fully saturated rings. The lowest BCUT2D eigenvalue weighted by Crippen LogP contribution is -2.50. The molecule has 10 nitrogen and oxygen atoms in total. The molecular formula is C27H27ClF2N6O4. The standard InChI is InChI=1S/C27H27ClF2N6O4/c1-40-27(39)32-14-6-7-15-19(12-14)33-22(37)5-3-2-4-21(25-31-13-20(15)34-25)36-11-10-18(35-26(36)38)23-17(29)9-8-16(28)24(23)30/h6-9,12-13,18,21H,2-5,10-11H2,1H3,(H,31,34)(H,32,39)(H,33,37)(H,35,38). The molecule has 2 bridgehead atoms. The van der Waals surface area contributed by atoms with E-state index >= 15 is 0 Å². The van der Waals surface area contributed by atoms with Gasteiger partial charge < -0.3 is 25.3 Å². The van der Waals surface area contributed by atoms with Gasteiger partial charge in [-0.2, -0.15) is 0 Å². The molecule has 2 aliphatic rings. The third-order valence-electron chi connectivity index (χ3n) is 7.07. The van der Waals surface area contributed by atoms with Crippen LogP contribution in [0.5, 0.6) is 0 Å². The average Bonchev–Trinajstić information content (AvgIpc) is 3.41. The molecule has 0 spiro atoms. The lowest BCUT2D eigenvalue weighted by Gasteiger charge is -2.37. The first-order valence-electron chi connectivity index (χ1n) is 12.8. The van der Waals surface area contributed by atoms with Crippen molar-refractivity contribution in [3.8, 4) is 11.3 Å². The van der Waals surface area contributed by atoms with E-state index in [2.05, 4.69) is 25.7 Å². The molecule has 210 valence electrons. The molecule has 0 saturated carbocycles. The number of rotatable bonds is 3. The van der Waals surface area contributed by atoms with Gasteiger partial charge in [0.05, 0.1) is 35.6 Å². The summed E-state index contributed by atoms with van der Waals surface area (Å²) in [6.45, 7) is 0.224. The second-order valence-electron chi connectivity index (χ2n) is 9.60. The lowest BCUT2D eigenvalue weighted by atomic mass is 9.98. The van der Waals surface area contributed by atoms with Crippen LogP contribution in [0.4, 0.5) is 29.7 Å². The number of H-pyrrole nitrogens is 1. The van der Waals surface area contributed by atoms with Crippen molar-refractivity contribution in [1.82, 2.24) is 20.2 Å². The van der Waals surface area contributed by atoms with Crippen LogP contribution < -0.4 is 16.0 Å². The monoisotopic (exact) mass is 572 g/mol. The van der Waals surface area contributed by atoms with Gasteiger partial charge in [-0.15, -0.1) is 0 Å². The highest BCUT2D eigenvalue weighted by molar-refractivity contribution is 6.30. The maximum absolute atomic E-state index is 14.6. The molecule has 40 heavy (non-hydrogen) atoms. The Morgan fingerprint density at radius 3 is 2.77 bits per heavy atom. The summed E-state index contributed by atoms with van der Waals surface area (Å²) in [6.07, 6.45) is 3.24. The smallest absolute Gasteiger partial charge is 0.411 e. The number of carbonyl (C=O) groups is 3. The summed E-state index contributed by atoms with van der Waals surface area (Å²) in [5.41, 5.74) is 1.76. The summed E-state index contributed by atoms with van der Waals surface area (Å²) in [5, 5.41) is 7.98. The van der Waals surface area contributed by atoms with E-state index in [-0.39, 0.29) is 35.9 Å². The molecule has 3 aromatic rings. The topological polar surface area (TPSA) is 128 Å². The van der Waals surface area contributed by atoms with Crippen LogP contribution in [0.2, 0.25) is 5.02 Å². The third kappa shape index (κ3) is 5.57. The van der Waals surface area contributed by atoms with E-state index in [1.165, 1.54) is 7.11 Å². The van der Waals surface area contributed by atoms with Gasteiger partial charge in [0.1, 0.15) is 17.5 Å². The van der Waals surface area contributed by atoms with Gasteiger partial charge in [-0.05, 0) is 49.6 Å². The number of fused-ring (bicyclic) bond motifs is 4. The Bertz CT molecular complexity index is 1460. The summed E-state index contributed by atoms with van der Waals surface area (Å²) < 4.78 is 33.7. The number of nitrogens with zero attached hydrogens (tertiary/aromatic N) is 2. The number of carbonyl (C=O) groups excluding carboxylic acids is 3. The fourth-order valence-electron chi connectivity index (χ4n) is 5.09. The number of hydrogen-bond acceptors (Lipinski definition) is 5. The first-order valence-corrected chi connectivity index (χ1v) is 13.2. The van der Waals surface area contributed by atoms with E-state index in [4.69, 9.17) is 16.6 Å². The number of aromatic nitrogens is 2. The minimum absolute atomic E-state index is 0.200. The highest BCUT2D eigenvalue weighted by Gasteiger charge is 2.35. The van der Waals surface area contributed by atoms with Crippen LogP contribution in [-0.2, 0) is 9.53 Å². The van der Waals surface area contributed by atoms with Crippen molar-refractivity contribution in [3.05, 3.63) is 64.6 Å². The molecular weight excluding hydrogens is 546 g/mol. The van der Waals surface area contributed by atoms with Crippen LogP contribution in [0.3, 0.4) is 0 Å². The van der Waals surface area contributed by atoms with Gasteiger partial charge in [0.2, 0.25) is 5.91 Å². The molecule has 1 saturated heterocycles. The van der Waals surface area contributed by atoms with Crippen LogP contribution in [0, 0.1) is 11.6 Å². The quantitative estimate of drug-likeness (QED) is 0.291. The lowest BCUT2D eigenvalue weighted by molar-refractivity contribution is -0.116. The molecule has 4 N–H and O–H groups in total. The zero-order valence-electron chi connectivity index (χ0n) is 21.5. The van der Waals surface area contributed by atoms with E-state index in [0.29, 0.717) is 47.7 Å². The molecule has 2 unspecified atom stereocenters. The second kappa shape index (κ2) is 11.5. The Balaban J connectivity index is 1.43. The summed E-state index contributed by atoms with van der Waals surface area (Å²) in [6, 6.07) is 5.40. The Kier molecular flexibility index (Phi) is 7.88. The van der Waals surface area contributed by atoms with Crippen molar-refractivity contribution in [2.75, 3.05) is 24.3 Å². The molecule has 1 aromatic heterocycles. The number of aromatic amines is 1. The fraction of sp³-hybridized carbons (Fsp3) is 0.333. The van der Waals surface area contributed by atoms with Crippen LogP contribution in [0.15, 0.2) is 36.5 Å². The summed E-state index contributed by atoms with van der Waals surface area (Å²) in [7, 11) is 1.25. The summed E-state index contributed by atoms with van der Waals surface area (Å²) in [4.78, 5) is 47.1. The van der Waals surface area contributed by atoms with Crippen molar-refractivity contribution in [1.29, 1.82) is 0 Å². The number of halogens is 3. The van der Waals surface area contributed by atoms with E-state index in [1.54, 1.807) is 29.3 Å². The second-order valence-corrected chi connectivity index (χ2v) is 10.0. The molecule has 2 atom stereocenters. The van der Waals surface area contributed by atoms with Gasteiger partial charge in [-0.1, -0.05) is 18.0 Å². The minimum Gasteiger partial charge on any atom is -0.453 e. The molecule has 0 radical (unpaired) electrons. The molecule has 4 amide bonds. The van der Waals surface area contributed by atoms with Gasteiger partial charge in [0.15, 0.2) is 0 Å². The number of hydrogen-bond donors (Lipinski definition) is 4. The number of urea groups is 1. The highest BCUT2D eigenvalue weighted by atomic mass is 35.5. The van der Waals surface area contributed by atoms with E-state index in [9.17, 15) is 23.2 Å².